The number of ether oxygens (including phenoxy) is 1. The van der Waals surface area contributed by atoms with Gasteiger partial charge in [0.1, 0.15) is 12.1 Å². The molecule has 0 saturated carbocycles. The smallest absolute Gasteiger partial charge is 0.436 e. The molecule has 24 heavy (non-hydrogen) atoms. The number of esters is 1. The largest absolute Gasteiger partial charge is 0.462 e. The van der Waals surface area contributed by atoms with Gasteiger partial charge >= 0.3 is 12.1 Å². The van der Waals surface area contributed by atoms with Crippen LogP contribution < -0.4 is 0 Å². The Labute approximate surface area is 137 Å². The molecule has 0 N–H and O–H groups in total. The zero-order chi connectivity index (χ0) is 17.9. The highest BCUT2D eigenvalue weighted by molar-refractivity contribution is 5.90. The summed E-state index contributed by atoms with van der Waals surface area (Å²) in [5, 5.41) is 3.39. The summed E-state index contributed by atoms with van der Waals surface area (Å²) in [5.41, 5.74) is -2.01. The Morgan fingerprint density at radius 3 is 2.67 bits per heavy atom. The van der Waals surface area contributed by atoms with Crippen molar-refractivity contribution in [3.8, 4) is 0 Å². The van der Waals surface area contributed by atoms with E-state index in [1.54, 1.807) is 4.90 Å². The minimum absolute atomic E-state index is 0.0495. The molecule has 9 heteroatoms. The third-order valence-corrected chi connectivity index (χ3v) is 3.95. The van der Waals surface area contributed by atoms with Crippen LogP contribution in [0.2, 0.25) is 0 Å². The standard InChI is InChI=1S/C15H20F3N3O3/c1-3-24-14(23)11-8-20(19-13(11)15(16,17)18)9-12(22)21-7-5-4-6-10(21)2/h8,10H,3-7,9H2,1-2H3. The van der Waals surface area contributed by atoms with Crippen LogP contribution >= 0.6 is 0 Å². The number of nitrogens with zero attached hydrogens (tertiary/aromatic N) is 3. The van der Waals surface area contributed by atoms with Gasteiger partial charge in [0.05, 0.1) is 6.61 Å². The third-order valence-electron chi connectivity index (χ3n) is 3.95. The maximum atomic E-state index is 13.0. The van der Waals surface area contributed by atoms with E-state index in [9.17, 15) is 22.8 Å². The van der Waals surface area contributed by atoms with Crippen LogP contribution in [0.4, 0.5) is 13.2 Å². The van der Waals surface area contributed by atoms with E-state index in [-0.39, 0.29) is 25.1 Å². The second-order valence-corrected chi connectivity index (χ2v) is 5.74. The van der Waals surface area contributed by atoms with Crippen LogP contribution in [-0.2, 0) is 22.3 Å². The first-order valence-electron chi connectivity index (χ1n) is 7.85. The van der Waals surface area contributed by atoms with Crippen molar-refractivity contribution < 1.29 is 27.5 Å². The first kappa shape index (κ1) is 18.3. The summed E-state index contributed by atoms with van der Waals surface area (Å²) in [7, 11) is 0. The molecule has 1 aromatic rings. The number of likely N-dealkylation sites (tertiary alicyclic amines) is 1. The van der Waals surface area contributed by atoms with Crippen molar-refractivity contribution in [3.05, 3.63) is 17.5 Å². The summed E-state index contributed by atoms with van der Waals surface area (Å²) in [5.74, 6) is -1.41. The molecule has 1 atom stereocenters. The lowest BCUT2D eigenvalue weighted by atomic mass is 10.0. The highest BCUT2D eigenvalue weighted by Gasteiger charge is 2.40. The van der Waals surface area contributed by atoms with Crippen LogP contribution in [0.5, 0.6) is 0 Å². The van der Waals surface area contributed by atoms with Gasteiger partial charge in [-0.05, 0) is 33.1 Å². The number of halogens is 3. The summed E-state index contributed by atoms with van der Waals surface area (Å²) >= 11 is 0. The molecule has 0 aromatic carbocycles. The Bertz CT molecular complexity index is 613. The Hall–Kier alpha value is -2.06. The maximum Gasteiger partial charge on any atom is 0.436 e. The van der Waals surface area contributed by atoms with Crippen LogP contribution in [0, 0.1) is 0 Å². The fourth-order valence-corrected chi connectivity index (χ4v) is 2.77. The molecule has 1 aliphatic rings. The molecule has 1 saturated heterocycles. The van der Waals surface area contributed by atoms with Crippen LogP contribution in [0.3, 0.4) is 0 Å². The average Bonchev–Trinajstić information content (AvgIpc) is 2.92. The second kappa shape index (κ2) is 7.23. The van der Waals surface area contributed by atoms with Crippen LogP contribution in [-0.4, -0.2) is 45.8 Å². The SMILES string of the molecule is CCOC(=O)c1cn(CC(=O)N2CCCCC2C)nc1C(F)(F)F. The molecule has 2 heterocycles. The van der Waals surface area contributed by atoms with Crippen molar-refractivity contribution in [2.75, 3.05) is 13.2 Å². The van der Waals surface area contributed by atoms with Gasteiger partial charge in [-0.1, -0.05) is 0 Å². The molecule has 0 radical (unpaired) electrons. The number of amides is 1. The number of rotatable bonds is 4. The topological polar surface area (TPSA) is 64.4 Å². The number of aromatic nitrogens is 2. The summed E-state index contributed by atoms with van der Waals surface area (Å²) < 4.78 is 44.6. The number of piperidine rings is 1. The molecule has 6 nitrogen and oxygen atoms in total. The third kappa shape index (κ3) is 4.07. The average molecular weight is 347 g/mol. The van der Waals surface area contributed by atoms with Gasteiger partial charge in [-0.3, -0.25) is 9.48 Å². The normalized spacial score (nSPS) is 18.5. The molecule has 1 aromatic heterocycles. The van der Waals surface area contributed by atoms with Gasteiger partial charge in [0.15, 0.2) is 5.69 Å². The van der Waals surface area contributed by atoms with E-state index in [0.29, 0.717) is 6.54 Å². The van der Waals surface area contributed by atoms with Crippen LogP contribution in [0.15, 0.2) is 6.20 Å². The predicted octanol–water partition coefficient (Wildman–Crippen LogP) is 2.48. The van der Waals surface area contributed by atoms with E-state index in [1.807, 2.05) is 6.92 Å². The van der Waals surface area contributed by atoms with Gasteiger partial charge in [0.2, 0.25) is 5.91 Å². The van der Waals surface area contributed by atoms with Gasteiger partial charge < -0.3 is 9.64 Å². The van der Waals surface area contributed by atoms with Gasteiger partial charge in [-0.15, -0.1) is 0 Å². The van der Waals surface area contributed by atoms with Crippen molar-refractivity contribution in [1.29, 1.82) is 0 Å². The molecular weight excluding hydrogens is 327 g/mol. The molecule has 1 amide bonds. The highest BCUT2D eigenvalue weighted by atomic mass is 19.4. The summed E-state index contributed by atoms with van der Waals surface area (Å²) in [4.78, 5) is 25.6. The van der Waals surface area contributed by atoms with Gasteiger partial charge in [-0.2, -0.15) is 18.3 Å². The molecule has 2 rings (SSSR count). The summed E-state index contributed by atoms with van der Waals surface area (Å²) in [6, 6.07) is 0.0495. The van der Waals surface area contributed by atoms with Gasteiger partial charge in [0, 0.05) is 18.8 Å². The van der Waals surface area contributed by atoms with E-state index < -0.39 is 23.4 Å². The minimum atomic E-state index is -4.80. The van der Waals surface area contributed by atoms with Crippen molar-refractivity contribution >= 4 is 11.9 Å². The van der Waals surface area contributed by atoms with Gasteiger partial charge in [0.25, 0.3) is 0 Å². The van der Waals surface area contributed by atoms with Crippen molar-refractivity contribution in [2.45, 2.75) is 51.9 Å². The lowest BCUT2D eigenvalue weighted by molar-refractivity contribution is -0.143. The Balaban J connectivity index is 2.21. The van der Waals surface area contributed by atoms with Gasteiger partial charge in [-0.25, -0.2) is 4.79 Å². The number of hydrogen-bond acceptors (Lipinski definition) is 4. The van der Waals surface area contributed by atoms with Crippen molar-refractivity contribution in [2.24, 2.45) is 0 Å². The zero-order valence-corrected chi connectivity index (χ0v) is 13.6. The van der Waals surface area contributed by atoms with Crippen LogP contribution in [0.1, 0.15) is 49.2 Å². The molecule has 0 spiro atoms. The monoisotopic (exact) mass is 347 g/mol. The molecule has 0 bridgehead atoms. The number of hydrogen-bond donors (Lipinski definition) is 0. The molecule has 0 aliphatic carbocycles. The molecule has 1 fully saturated rings. The zero-order valence-electron chi connectivity index (χ0n) is 13.6. The van der Waals surface area contributed by atoms with E-state index in [1.165, 1.54) is 6.92 Å². The molecule has 134 valence electrons. The molecule has 1 aliphatic heterocycles. The molecular formula is C15H20F3N3O3. The first-order valence-corrected chi connectivity index (χ1v) is 7.85. The van der Waals surface area contributed by atoms with Crippen molar-refractivity contribution in [3.63, 3.8) is 0 Å². The fraction of sp³-hybridized carbons (Fsp3) is 0.667. The van der Waals surface area contributed by atoms with E-state index in [2.05, 4.69) is 9.84 Å². The number of carbonyl (C=O) groups excluding carboxylic acids is 2. The van der Waals surface area contributed by atoms with Crippen molar-refractivity contribution in [1.82, 2.24) is 14.7 Å². The lowest BCUT2D eigenvalue weighted by Gasteiger charge is -2.33. The fourth-order valence-electron chi connectivity index (χ4n) is 2.77. The quantitative estimate of drug-likeness (QED) is 0.785. The first-order chi connectivity index (χ1) is 11.2. The Morgan fingerprint density at radius 2 is 2.08 bits per heavy atom. The number of carbonyl (C=O) groups is 2. The minimum Gasteiger partial charge on any atom is -0.462 e. The lowest BCUT2D eigenvalue weighted by Crippen LogP contribution is -2.43. The Morgan fingerprint density at radius 1 is 1.38 bits per heavy atom. The second-order valence-electron chi connectivity index (χ2n) is 5.74. The number of alkyl halides is 3. The maximum absolute atomic E-state index is 13.0. The van der Waals surface area contributed by atoms with E-state index in [0.717, 1.165) is 30.1 Å². The summed E-state index contributed by atoms with van der Waals surface area (Å²) in [6.07, 6.45) is -1.11. The van der Waals surface area contributed by atoms with E-state index in [4.69, 9.17) is 0 Å². The Kier molecular flexibility index (Phi) is 5.51. The molecule has 1 unspecified atom stereocenters. The van der Waals surface area contributed by atoms with Crippen LogP contribution in [0.25, 0.3) is 0 Å². The highest BCUT2D eigenvalue weighted by Crippen LogP contribution is 2.31. The summed E-state index contributed by atoms with van der Waals surface area (Å²) in [6.45, 7) is 3.60. The van der Waals surface area contributed by atoms with E-state index >= 15 is 0 Å². The predicted molar refractivity (Wildman–Crippen MR) is 78.2 cm³/mol.